The van der Waals surface area contributed by atoms with Crippen LogP contribution in [0.2, 0.25) is 0 Å². The Labute approximate surface area is 155 Å². The smallest absolute Gasteiger partial charge is 0.240 e. The highest BCUT2D eigenvalue weighted by Crippen LogP contribution is 2.28. The summed E-state index contributed by atoms with van der Waals surface area (Å²) in [4.78, 5) is 2.70. The van der Waals surface area contributed by atoms with Crippen LogP contribution in [-0.4, -0.2) is 51.7 Å². The molecule has 0 bridgehead atoms. The second kappa shape index (κ2) is 7.48. The molecule has 0 amide bonds. The van der Waals surface area contributed by atoms with E-state index in [0.717, 1.165) is 24.2 Å². The molecule has 0 aromatic heterocycles. The predicted molar refractivity (Wildman–Crippen MR) is 101 cm³/mol. The van der Waals surface area contributed by atoms with Crippen LogP contribution in [0.5, 0.6) is 0 Å². The minimum absolute atomic E-state index is 0.0808. The van der Waals surface area contributed by atoms with Gasteiger partial charge in [-0.1, -0.05) is 42.5 Å². The Morgan fingerprint density at radius 1 is 1.00 bits per heavy atom. The first-order chi connectivity index (χ1) is 12.6. The lowest BCUT2D eigenvalue weighted by molar-refractivity contribution is -0.0277. The van der Waals surface area contributed by atoms with Crippen molar-refractivity contribution in [1.82, 2.24) is 9.62 Å². The summed E-state index contributed by atoms with van der Waals surface area (Å²) in [6, 6.07) is 17.6. The predicted octanol–water partition coefficient (Wildman–Crippen LogP) is 2.50. The largest absolute Gasteiger partial charge is 0.374 e. The molecule has 1 atom stereocenters. The van der Waals surface area contributed by atoms with Crippen LogP contribution in [0.25, 0.3) is 11.1 Å². The molecule has 2 fully saturated rings. The summed E-state index contributed by atoms with van der Waals surface area (Å²) in [5, 5.41) is 0. The van der Waals surface area contributed by atoms with Gasteiger partial charge in [-0.05, 0) is 36.1 Å². The van der Waals surface area contributed by atoms with Crippen LogP contribution in [0.1, 0.15) is 12.8 Å². The summed E-state index contributed by atoms with van der Waals surface area (Å²) >= 11 is 0. The van der Waals surface area contributed by atoms with Crippen LogP contribution in [0, 0.1) is 0 Å². The minimum Gasteiger partial charge on any atom is -0.374 e. The third-order valence-electron chi connectivity index (χ3n) is 5.01. The normalized spacial score (nSPS) is 21.6. The van der Waals surface area contributed by atoms with Crippen molar-refractivity contribution in [3.8, 4) is 11.1 Å². The summed E-state index contributed by atoms with van der Waals surface area (Å²) in [6.07, 6.45) is 2.43. The van der Waals surface area contributed by atoms with Gasteiger partial charge in [-0.25, -0.2) is 13.1 Å². The standard InChI is InChI=1S/C20H24N2O3S/c23-26(24,21-14-19-15-22(12-13-25-19)18-8-9-18)20-10-6-17(7-11-20)16-4-2-1-3-5-16/h1-7,10-11,18-19,21H,8-9,12-15H2/t19-/m0/s1. The average Bonchev–Trinajstić information content (AvgIpc) is 3.53. The maximum absolute atomic E-state index is 12.6. The number of benzene rings is 2. The zero-order chi connectivity index (χ0) is 18.0. The van der Waals surface area contributed by atoms with E-state index in [1.807, 2.05) is 42.5 Å². The van der Waals surface area contributed by atoms with Crippen LogP contribution in [0.3, 0.4) is 0 Å². The van der Waals surface area contributed by atoms with Crippen molar-refractivity contribution in [2.45, 2.75) is 29.9 Å². The van der Waals surface area contributed by atoms with Gasteiger partial charge in [-0.15, -0.1) is 0 Å². The molecule has 26 heavy (non-hydrogen) atoms. The van der Waals surface area contributed by atoms with Gasteiger partial charge in [0.1, 0.15) is 0 Å². The molecule has 2 aromatic rings. The highest BCUT2D eigenvalue weighted by Gasteiger charge is 2.33. The van der Waals surface area contributed by atoms with Gasteiger partial charge in [0.25, 0.3) is 0 Å². The maximum Gasteiger partial charge on any atom is 0.240 e. The highest BCUT2D eigenvalue weighted by atomic mass is 32.2. The molecule has 5 nitrogen and oxygen atoms in total. The zero-order valence-electron chi connectivity index (χ0n) is 14.7. The van der Waals surface area contributed by atoms with Crippen molar-refractivity contribution < 1.29 is 13.2 Å². The minimum atomic E-state index is -3.53. The van der Waals surface area contributed by atoms with Gasteiger partial charge in [-0.2, -0.15) is 0 Å². The average molecular weight is 372 g/mol. The van der Waals surface area contributed by atoms with E-state index in [1.54, 1.807) is 12.1 Å². The van der Waals surface area contributed by atoms with E-state index in [0.29, 0.717) is 19.2 Å². The lowest BCUT2D eigenvalue weighted by Crippen LogP contribution is -2.48. The lowest BCUT2D eigenvalue weighted by atomic mass is 10.1. The van der Waals surface area contributed by atoms with Crippen LogP contribution >= 0.6 is 0 Å². The Morgan fingerprint density at radius 2 is 1.69 bits per heavy atom. The van der Waals surface area contributed by atoms with E-state index in [2.05, 4.69) is 9.62 Å². The summed E-state index contributed by atoms with van der Waals surface area (Å²) < 4.78 is 33.6. The van der Waals surface area contributed by atoms with Gasteiger partial charge in [0.2, 0.25) is 10.0 Å². The molecule has 1 saturated heterocycles. The third kappa shape index (κ3) is 4.15. The maximum atomic E-state index is 12.6. The Kier molecular flexibility index (Phi) is 5.09. The fourth-order valence-corrected chi connectivity index (χ4v) is 4.45. The van der Waals surface area contributed by atoms with Gasteiger partial charge < -0.3 is 4.74 Å². The van der Waals surface area contributed by atoms with E-state index in [1.165, 1.54) is 12.8 Å². The van der Waals surface area contributed by atoms with Gasteiger partial charge in [0.05, 0.1) is 17.6 Å². The van der Waals surface area contributed by atoms with E-state index in [-0.39, 0.29) is 11.0 Å². The molecule has 4 rings (SSSR count). The molecule has 2 aliphatic rings. The fraction of sp³-hybridized carbons (Fsp3) is 0.400. The first kappa shape index (κ1) is 17.7. The van der Waals surface area contributed by atoms with Gasteiger partial charge >= 0.3 is 0 Å². The number of rotatable bonds is 6. The van der Waals surface area contributed by atoms with Crippen molar-refractivity contribution >= 4 is 10.0 Å². The number of sulfonamides is 1. The lowest BCUT2D eigenvalue weighted by Gasteiger charge is -2.33. The third-order valence-corrected chi connectivity index (χ3v) is 6.45. The highest BCUT2D eigenvalue weighted by molar-refractivity contribution is 7.89. The van der Waals surface area contributed by atoms with E-state index >= 15 is 0 Å². The second-order valence-corrected chi connectivity index (χ2v) is 8.73. The number of hydrogen-bond acceptors (Lipinski definition) is 4. The van der Waals surface area contributed by atoms with Gasteiger partial charge in [0, 0.05) is 25.7 Å². The van der Waals surface area contributed by atoms with Crippen molar-refractivity contribution in [2.75, 3.05) is 26.2 Å². The van der Waals surface area contributed by atoms with E-state index in [9.17, 15) is 8.42 Å². The summed E-state index contributed by atoms with van der Waals surface area (Å²) in [5.41, 5.74) is 2.07. The molecule has 2 aromatic carbocycles. The van der Waals surface area contributed by atoms with Crippen LogP contribution < -0.4 is 4.72 Å². The summed E-state index contributed by atoms with van der Waals surface area (Å²) in [6.45, 7) is 2.75. The number of morpholine rings is 1. The molecule has 1 saturated carbocycles. The molecule has 0 radical (unpaired) electrons. The number of hydrogen-bond donors (Lipinski definition) is 1. The van der Waals surface area contributed by atoms with E-state index < -0.39 is 10.0 Å². The van der Waals surface area contributed by atoms with Crippen molar-refractivity contribution in [3.63, 3.8) is 0 Å². The first-order valence-electron chi connectivity index (χ1n) is 9.13. The molecular weight excluding hydrogens is 348 g/mol. The quantitative estimate of drug-likeness (QED) is 0.846. The van der Waals surface area contributed by atoms with Crippen LogP contribution in [0.15, 0.2) is 59.5 Å². The van der Waals surface area contributed by atoms with Crippen LogP contribution in [-0.2, 0) is 14.8 Å². The molecule has 6 heteroatoms. The SMILES string of the molecule is O=S(=O)(NC[C@H]1CN(C2CC2)CCO1)c1ccc(-c2ccccc2)cc1. The summed E-state index contributed by atoms with van der Waals surface area (Å²) in [5.74, 6) is 0. The number of ether oxygens (including phenoxy) is 1. The van der Waals surface area contributed by atoms with Gasteiger partial charge in [0.15, 0.2) is 0 Å². The molecule has 138 valence electrons. The van der Waals surface area contributed by atoms with Crippen molar-refractivity contribution in [1.29, 1.82) is 0 Å². The van der Waals surface area contributed by atoms with Crippen LogP contribution in [0.4, 0.5) is 0 Å². The van der Waals surface area contributed by atoms with E-state index in [4.69, 9.17) is 4.74 Å². The first-order valence-corrected chi connectivity index (χ1v) is 10.6. The zero-order valence-corrected chi connectivity index (χ0v) is 15.5. The molecule has 1 heterocycles. The molecule has 0 spiro atoms. The Balaban J connectivity index is 1.38. The Morgan fingerprint density at radius 3 is 2.38 bits per heavy atom. The Hall–Kier alpha value is -1.73. The number of nitrogens with zero attached hydrogens (tertiary/aromatic N) is 1. The van der Waals surface area contributed by atoms with Crippen molar-refractivity contribution in [2.24, 2.45) is 0 Å². The molecule has 0 unspecified atom stereocenters. The Bertz CT molecular complexity index is 833. The molecule has 1 N–H and O–H groups in total. The second-order valence-electron chi connectivity index (χ2n) is 6.96. The fourth-order valence-electron chi connectivity index (χ4n) is 3.38. The molecule has 1 aliphatic carbocycles. The number of nitrogens with one attached hydrogen (secondary N) is 1. The topological polar surface area (TPSA) is 58.6 Å². The molecule has 1 aliphatic heterocycles. The monoisotopic (exact) mass is 372 g/mol. The van der Waals surface area contributed by atoms with Crippen molar-refractivity contribution in [3.05, 3.63) is 54.6 Å². The molecular formula is C20H24N2O3S. The summed E-state index contributed by atoms with van der Waals surface area (Å²) in [7, 11) is -3.53. The van der Waals surface area contributed by atoms with Gasteiger partial charge in [-0.3, -0.25) is 4.90 Å².